The minimum atomic E-state index is -0.559. The number of nitrogens with one attached hydrogen (secondary N) is 3. The summed E-state index contributed by atoms with van der Waals surface area (Å²) in [6, 6.07) is 8.25. The summed E-state index contributed by atoms with van der Waals surface area (Å²) in [5.41, 5.74) is 1.44. The Morgan fingerprint density at radius 3 is 2.81 bits per heavy atom. The number of H-pyrrole nitrogens is 1. The van der Waals surface area contributed by atoms with Crippen LogP contribution in [-0.4, -0.2) is 21.8 Å². The molecule has 0 spiro atoms. The Morgan fingerprint density at radius 1 is 1.22 bits per heavy atom. The summed E-state index contributed by atoms with van der Waals surface area (Å²) < 4.78 is 0. The van der Waals surface area contributed by atoms with E-state index in [0.29, 0.717) is 21.5 Å². The molecule has 3 rings (SSSR count). The number of rotatable bonds is 5. The molecular weight excluding hydrogens is 388 g/mol. The summed E-state index contributed by atoms with van der Waals surface area (Å²) >= 11 is 7.22. The molecule has 2 amide bonds. The molecule has 2 heterocycles. The molecule has 3 N–H and O–H groups in total. The lowest BCUT2D eigenvalue weighted by atomic mass is 10.2. The first kappa shape index (κ1) is 18.8. The highest BCUT2D eigenvalue weighted by molar-refractivity contribution is 7.14. The second-order valence-corrected chi connectivity index (χ2v) is 6.91. The van der Waals surface area contributed by atoms with Crippen LogP contribution in [0.5, 0.6) is 0 Å². The molecule has 1 aromatic carbocycles. The molecule has 0 saturated carbocycles. The van der Waals surface area contributed by atoms with Gasteiger partial charge in [0.15, 0.2) is 5.13 Å². The van der Waals surface area contributed by atoms with Crippen LogP contribution >= 0.6 is 22.9 Å². The number of aromatic amines is 1. The smallest absolute Gasteiger partial charge is 0.263 e. The summed E-state index contributed by atoms with van der Waals surface area (Å²) in [5.74, 6) is -0.806. The van der Waals surface area contributed by atoms with Crippen LogP contribution in [0.4, 0.5) is 10.8 Å². The van der Waals surface area contributed by atoms with Gasteiger partial charge in [0.25, 0.3) is 11.5 Å². The van der Waals surface area contributed by atoms with Gasteiger partial charge >= 0.3 is 0 Å². The summed E-state index contributed by atoms with van der Waals surface area (Å²) in [4.78, 5) is 42.6. The third kappa shape index (κ3) is 4.60. The van der Waals surface area contributed by atoms with Crippen molar-refractivity contribution in [1.82, 2.24) is 9.97 Å². The van der Waals surface area contributed by atoms with Gasteiger partial charge in [0.2, 0.25) is 5.91 Å². The zero-order valence-corrected chi connectivity index (χ0v) is 15.8. The van der Waals surface area contributed by atoms with Gasteiger partial charge in [-0.3, -0.25) is 19.7 Å². The molecule has 138 valence electrons. The van der Waals surface area contributed by atoms with Crippen molar-refractivity contribution in [2.75, 3.05) is 10.6 Å². The van der Waals surface area contributed by atoms with Crippen LogP contribution in [0.1, 0.15) is 21.6 Å². The predicted octanol–water partition coefficient (Wildman–Crippen LogP) is 3.23. The third-order valence-corrected chi connectivity index (χ3v) is 4.93. The zero-order valence-electron chi connectivity index (χ0n) is 14.2. The van der Waals surface area contributed by atoms with E-state index >= 15 is 0 Å². The van der Waals surface area contributed by atoms with Gasteiger partial charge in [0, 0.05) is 22.3 Å². The first-order chi connectivity index (χ1) is 12.9. The zero-order chi connectivity index (χ0) is 19.4. The molecule has 0 bridgehead atoms. The number of carbonyl (C=O) groups excluding carboxylic acids is 2. The molecule has 0 aliphatic heterocycles. The molecule has 0 unspecified atom stereocenters. The number of aromatic nitrogens is 2. The number of benzene rings is 1. The fourth-order valence-corrected chi connectivity index (χ4v) is 3.19. The Balaban J connectivity index is 1.63. The van der Waals surface area contributed by atoms with Crippen LogP contribution in [0, 0.1) is 6.92 Å². The van der Waals surface area contributed by atoms with Gasteiger partial charge in [0.1, 0.15) is 5.56 Å². The van der Waals surface area contributed by atoms with Crippen molar-refractivity contribution in [2.24, 2.45) is 0 Å². The lowest BCUT2D eigenvalue weighted by Gasteiger charge is -2.08. The Labute approximate surface area is 163 Å². The van der Waals surface area contributed by atoms with Crippen molar-refractivity contribution < 1.29 is 9.59 Å². The largest absolute Gasteiger partial charge is 0.328 e. The maximum atomic E-state index is 12.2. The summed E-state index contributed by atoms with van der Waals surface area (Å²) in [7, 11) is 0. The van der Waals surface area contributed by atoms with Crippen molar-refractivity contribution in [3.05, 3.63) is 74.1 Å². The molecule has 0 aliphatic rings. The first-order valence-corrected chi connectivity index (χ1v) is 9.18. The maximum Gasteiger partial charge on any atom is 0.263 e. The Hall–Kier alpha value is -2.97. The van der Waals surface area contributed by atoms with Crippen LogP contribution < -0.4 is 16.2 Å². The number of thiazole rings is 1. The lowest BCUT2D eigenvalue weighted by molar-refractivity contribution is -0.115. The maximum absolute atomic E-state index is 12.2. The van der Waals surface area contributed by atoms with Crippen molar-refractivity contribution in [3.63, 3.8) is 0 Å². The van der Waals surface area contributed by atoms with Crippen LogP contribution in [-0.2, 0) is 11.2 Å². The topological polar surface area (TPSA) is 104 Å². The van der Waals surface area contributed by atoms with E-state index < -0.39 is 11.5 Å². The molecule has 0 radical (unpaired) electrons. The Kier molecular flexibility index (Phi) is 5.68. The molecule has 0 aliphatic carbocycles. The van der Waals surface area contributed by atoms with E-state index in [9.17, 15) is 14.4 Å². The number of hydrogen-bond donors (Lipinski definition) is 3. The molecule has 7 nitrogen and oxygen atoms in total. The average Bonchev–Trinajstić information content (AvgIpc) is 3.06. The van der Waals surface area contributed by atoms with Gasteiger partial charge in [0.05, 0.1) is 12.1 Å². The number of nitrogens with zero attached hydrogens (tertiary/aromatic N) is 1. The van der Waals surface area contributed by atoms with E-state index in [2.05, 4.69) is 20.6 Å². The highest BCUT2D eigenvalue weighted by Crippen LogP contribution is 2.23. The highest BCUT2D eigenvalue weighted by Gasteiger charge is 2.14. The van der Waals surface area contributed by atoms with E-state index in [1.165, 1.54) is 23.6 Å². The van der Waals surface area contributed by atoms with E-state index in [1.54, 1.807) is 29.6 Å². The summed E-state index contributed by atoms with van der Waals surface area (Å²) in [5, 5.41) is 7.91. The molecular formula is C18H15ClN4O3S. The molecule has 27 heavy (non-hydrogen) atoms. The summed E-state index contributed by atoms with van der Waals surface area (Å²) in [6.07, 6.45) is 1.49. The van der Waals surface area contributed by atoms with Gasteiger partial charge in [-0.1, -0.05) is 17.7 Å². The monoisotopic (exact) mass is 402 g/mol. The van der Waals surface area contributed by atoms with Gasteiger partial charge in [-0.2, -0.15) is 0 Å². The number of anilines is 2. The normalized spacial score (nSPS) is 10.4. The molecule has 3 aromatic rings. The van der Waals surface area contributed by atoms with E-state index in [4.69, 9.17) is 11.6 Å². The second-order valence-electron chi connectivity index (χ2n) is 5.65. The minimum absolute atomic E-state index is 0.0107. The first-order valence-electron chi connectivity index (χ1n) is 7.92. The molecule has 0 saturated heterocycles. The fourth-order valence-electron chi connectivity index (χ4n) is 2.31. The lowest BCUT2D eigenvalue weighted by Crippen LogP contribution is -2.22. The van der Waals surface area contributed by atoms with Gasteiger partial charge < -0.3 is 10.3 Å². The quantitative estimate of drug-likeness (QED) is 0.609. The van der Waals surface area contributed by atoms with Crippen molar-refractivity contribution in [1.29, 1.82) is 0 Å². The van der Waals surface area contributed by atoms with E-state index in [0.717, 1.165) is 5.56 Å². The van der Waals surface area contributed by atoms with Gasteiger partial charge in [-0.15, -0.1) is 11.3 Å². The third-order valence-electron chi connectivity index (χ3n) is 3.72. The number of pyridine rings is 1. The van der Waals surface area contributed by atoms with Crippen LogP contribution in [0.15, 0.2) is 46.7 Å². The minimum Gasteiger partial charge on any atom is -0.328 e. The number of amides is 2. The molecule has 0 atom stereocenters. The van der Waals surface area contributed by atoms with Crippen molar-refractivity contribution >= 4 is 45.6 Å². The van der Waals surface area contributed by atoms with Crippen molar-refractivity contribution in [3.8, 4) is 0 Å². The molecule has 9 heteroatoms. The molecule has 0 fully saturated rings. The van der Waals surface area contributed by atoms with Crippen LogP contribution in [0.2, 0.25) is 5.02 Å². The standard InChI is InChI=1S/C18H15ClN4O3S/c1-10-13(19)5-2-6-14(10)22-15(24)8-11-9-27-18(21-11)23-17(26)12-4-3-7-20-16(12)25/h2-7,9H,8H2,1H3,(H,20,25)(H,22,24)(H,21,23,26). The van der Waals surface area contributed by atoms with E-state index in [-0.39, 0.29) is 17.9 Å². The van der Waals surface area contributed by atoms with E-state index in [1.807, 2.05) is 6.92 Å². The van der Waals surface area contributed by atoms with Gasteiger partial charge in [-0.25, -0.2) is 4.98 Å². The number of carbonyl (C=O) groups is 2. The molecule has 2 aromatic heterocycles. The predicted molar refractivity (Wildman–Crippen MR) is 106 cm³/mol. The van der Waals surface area contributed by atoms with Crippen LogP contribution in [0.3, 0.4) is 0 Å². The average molecular weight is 403 g/mol. The number of halogens is 1. The van der Waals surface area contributed by atoms with Crippen molar-refractivity contribution in [2.45, 2.75) is 13.3 Å². The van der Waals surface area contributed by atoms with Gasteiger partial charge in [-0.05, 0) is 36.8 Å². The SMILES string of the molecule is Cc1c(Cl)cccc1NC(=O)Cc1csc(NC(=O)c2ccc[nH]c2=O)n1. The highest BCUT2D eigenvalue weighted by atomic mass is 35.5. The summed E-state index contributed by atoms with van der Waals surface area (Å²) in [6.45, 7) is 1.82. The Bertz CT molecular complexity index is 1060. The van der Waals surface area contributed by atoms with Crippen LogP contribution in [0.25, 0.3) is 0 Å². The number of hydrogen-bond acceptors (Lipinski definition) is 5. The second kappa shape index (κ2) is 8.15. The fraction of sp³-hybridized carbons (Fsp3) is 0.111. The Morgan fingerprint density at radius 2 is 2.04 bits per heavy atom.